The SMILES string of the molecule is CCNc1cc2ccccc2oc1=O. The van der Waals surface area contributed by atoms with Crippen LogP contribution in [0.15, 0.2) is 39.5 Å². The molecule has 0 unspecified atom stereocenters. The molecular weight excluding hydrogens is 178 g/mol. The van der Waals surface area contributed by atoms with E-state index in [4.69, 9.17) is 4.42 Å². The first-order valence-corrected chi connectivity index (χ1v) is 4.58. The van der Waals surface area contributed by atoms with Gasteiger partial charge in [0.1, 0.15) is 11.3 Å². The molecule has 3 heteroatoms. The molecule has 0 aliphatic carbocycles. The molecule has 0 fully saturated rings. The van der Waals surface area contributed by atoms with Crippen LogP contribution in [0.1, 0.15) is 6.92 Å². The zero-order chi connectivity index (χ0) is 9.97. The van der Waals surface area contributed by atoms with Gasteiger partial charge < -0.3 is 9.73 Å². The van der Waals surface area contributed by atoms with E-state index in [2.05, 4.69) is 5.32 Å². The molecule has 72 valence electrons. The summed E-state index contributed by atoms with van der Waals surface area (Å²) in [5.41, 5.74) is 0.830. The van der Waals surface area contributed by atoms with Gasteiger partial charge in [0.25, 0.3) is 0 Å². The Hall–Kier alpha value is -1.77. The van der Waals surface area contributed by atoms with Gasteiger partial charge in [0.05, 0.1) is 0 Å². The largest absolute Gasteiger partial charge is 0.421 e. The molecule has 2 rings (SSSR count). The average molecular weight is 189 g/mol. The van der Waals surface area contributed by atoms with Crippen LogP contribution in [-0.4, -0.2) is 6.54 Å². The fourth-order valence-electron chi connectivity index (χ4n) is 1.38. The molecule has 1 aromatic carbocycles. The zero-order valence-electron chi connectivity index (χ0n) is 7.91. The summed E-state index contributed by atoms with van der Waals surface area (Å²) >= 11 is 0. The number of hydrogen-bond donors (Lipinski definition) is 1. The highest BCUT2D eigenvalue weighted by Gasteiger charge is 2.02. The minimum absolute atomic E-state index is 0.314. The number of nitrogens with one attached hydrogen (secondary N) is 1. The highest BCUT2D eigenvalue weighted by Crippen LogP contribution is 2.14. The summed E-state index contributed by atoms with van der Waals surface area (Å²) in [5.74, 6) is 0. The van der Waals surface area contributed by atoms with Crippen LogP contribution in [0.5, 0.6) is 0 Å². The molecule has 0 saturated carbocycles. The highest BCUT2D eigenvalue weighted by atomic mass is 16.4. The number of hydrogen-bond acceptors (Lipinski definition) is 3. The fraction of sp³-hybridized carbons (Fsp3) is 0.182. The molecule has 0 radical (unpaired) electrons. The first-order chi connectivity index (χ1) is 6.81. The molecule has 0 aliphatic heterocycles. The Bertz CT molecular complexity index is 502. The lowest BCUT2D eigenvalue weighted by molar-refractivity contribution is 0.563. The normalized spacial score (nSPS) is 10.4. The van der Waals surface area contributed by atoms with Gasteiger partial charge in [0.2, 0.25) is 0 Å². The second-order valence-electron chi connectivity index (χ2n) is 3.02. The van der Waals surface area contributed by atoms with Crippen molar-refractivity contribution in [1.82, 2.24) is 0 Å². The van der Waals surface area contributed by atoms with Crippen LogP contribution >= 0.6 is 0 Å². The number of anilines is 1. The monoisotopic (exact) mass is 189 g/mol. The van der Waals surface area contributed by atoms with E-state index in [1.165, 1.54) is 0 Å². The van der Waals surface area contributed by atoms with Crippen molar-refractivity contribution in [2.75, 3.05) is 11.9 Å². The fourth-order valence-corrected chi connectivity index (χ4v) is 1.38. The maximum absolute atomic E-state index is 11.4. The maximum atomic E-state index is 11.4. The number of para-hydroxylation sites is 1. The first kappa shape index (κ1) is 8.81. The lowest BCUT2D eigenvalue weighted by Gasteiger charge is -2.02. The van der Waals surface area contributed by atoms with Crippen LogP contribution in [0.4, 0.5) is 5.69 Å². The van der Waals surface area contributed by atoms with Crippen molar-refractivity contribution in [2.45, 2.75) is 6.92 Å². The second kappa shape index (κ2) is 3.54. The van der Waals surface area contributed by atoms with Crippen molar-refractivity contribution in [3.8, 4) is 0 Å². The molecule has 0 amide bonds. The van der Waals surface area contributed by atoms with Gasteiger partial charge in [-0.1, -0.05) is 18.2 Å². The molecule has 0 aliphatic rings. The van der Waals surface area contributed by atoms with Gasteiger partial charge in [0.15, 0.2) is 0 Å². The maximum Gasteiger partial charge on any atom is 0.359 e. The minimum Gasteiger partial charge on any atom is -0.421 e. The predicted molar refractivity (Wildman–Crippen MR) is 56.6 cm³/mol. The van der Waals surface area contributed by atoms with E-state index in [1.807, 2.05) is 31.2 Å². The van der Waals surface area contributed by atoms with Crippen LogP contribution < -0.4 is 10.9 Å². The average Bonchev–Trinajstić information content (AvgIpc) is 2.19. The number of rotatable bonds is 2. The van der Waals surface area contributed by atoms with Crippen molar-refractivity contribution in [1.29, 1.82) is 0 Å². The molecule has 0 bridgehead atoms. The Morgan fingerprint density at radius 3 is 2.93 bits per heavy atom. The van der Waals surface area contributed by atoms with Crippen LogP contribution in [0, 0.1) is 0 Å². The van der Waals surface area contributed by atoms with Crippen LogP contribution in [0.3, 0.4) is 0 Å². The quantitative estimate of drug-likeness (QED) is 0.736. The summed E-state index contributed by atoms with van der Waals surface area (Å²) in [4.78, 5) is 11.4. The molecule has 14 heavy (non-hydrogen) atoms. The Morgan fingerprint density at radius 1 is 1.36 bits per heavy atom. The molecule has 1 aromatic heterocycles. The van der Waals surface area contributed by atoms with Gasteiger partial charge >= 0.3 is 5.63 Å². The number of fused-ring (bicyclic) bond motifs is 1. The predicted octanol–water partition coefficient (Wildman–Crippen LogP) is 2.22. The Balaban J connectivity index is 2.65. The summed E-state index contributed by atoms with van der Waals surface area (Å²) in [7, 11) is 0. The van der Waals surface area contributed by atoms with E-state index in [0.29, 0.717) is 17.8 Å². The van der Waals surface area contributed by atoms with Gasteiger partial charge in [0, 0.05) is 11.9 Å². The third-order valence-corrected chi connectivity index (χ3v) is 2.01. The molecule has 0 saturated heterocycles. The van der Waals surface area contributed by atoms with E-state index in [-0.39, 0.29) is 5.63 Å². The number of benzene rings is 1. The first-order valence-electron chi connectivity index (χ1n) is 4.58. The third-order valence-electron chi connectivity index (χ3n) is 2.01. The van der Waals surface area contributed by atoms with Crippen molar-refractivity contribution in [3.05, 3.63) is 40.8 Å². The summed E-state index contributed by atoms with van der Waals surface area (Å²) in [6.45, 7) is 2.65. The van der Waals surface area contributed by atoms with Crippen molar-refractivity contribution in [3.63, 3.8) is 0 Å². The smallest absolute Gasteiger partial charge is 0.359 e. The molecule has 2 aromatic rings. The standard InChI is InChI=1S/C11H11NO2/c1-2-12-9-7-8-5-3-4-6-10(8)14-11(9)13/h3-7,12H,2H2,1H3. The molecular formula is C11H11NO2. The zero-order valence-corrected chi connectivity index (χ0v) is 7.91. The van der Waals surface area contributed by atoms with Gasteiger partial charge in [-0.3, -0.25) is 0 Å². The van der Waals surface area contributed by atoms with Crippen molar-refractivity contribution in [2.24, 2.45) is 0 Å². The van der Waals surface area contributed by atoms with Gasteiger partial charge in [-0.25, -0.2) is 4.79 Å². The third kappa shape index (κ3) is 1.48. The molecule has 1 N–H and O–H groups in total. The second-order valence-corrected chi connectivity index (χ2v) is 3.02. The molecule has 0 atom stereocenters. The summed E-state index contributed by atoms with van der Waals surface area (Å²) in [5, 5.41) is 3.90. The summed E-state index contributed by atoms with van der Waals surface area (Å²) in [6, 6.07) is 9.27. The molecule has 0 spiro atoms. The Labute approximate surface area is 81.4 Å². The summed E-state index contributed by atoms with van der Waals surface area (Å²) < 4.78 is 5.13. The van der Waals surface area contributed by atoms with Gasteiger partial charge in [-0.2, -0.15) is 0 Å². The van der Waals surface area contributed by atoms with Gasteiger partial charge in [-0.05, 0) is 19.1 Å². The lowest BCUT2D eigenvalue weighted by Crippen LogP contribution is -2.09. The minimum atomic E-state index is -0.314. The Kier molecular flexibility index (Phi) is 2.23. The van der Waals surface area contributed by atoms with Crippen LogP contribution in [-0.2, 0) is 0 Å². The topological polar surface area (TPSA) is 42.2 Å². The van der Waals surface area contributed by atoms with E-state index in [9.17, 15) is 4.79 Å². The van der Waals surface area contributed by atoms with Crippen molar-refractivity contribution >= 4 is 16.7 Å². The molecule has 1 heterocycles. The van der Waals surface area contributed by atoms with E-state index in [0.717, 1.165) is 5.39 Å². The Morgan fingerprint density at radius 2 is 2.14 bits per heavy atom. The van der Waals surface area contributed by atoms with Gasteiger partial charge in [-0.15, -0.1) is 0 Å². The lowest BCUT2D eigenvalue weighted by atomic mass is 10.2. The van der Waals surface area contributed by atoms with E-state index < -0.39 is 0 Å². The highest BCUT2D eigenvalue weighted by molar-refractivity contribution is 5.79. The van der Waals surface area contributed by atoms with Crippen molar-refractivity contribution < 1.29 is 4.42 Å². The van der Waals surface area contributed by atoms with Crippen LogP contribution in [0.25, 0.3) is 11.0 Å². The molecule has 3 nitrogen and oxygen atoms in total. The summed E-state index contributed by atoms with van der Waals surface area (Å²) in [6.07, 6.45) is 0. The van der Waals surface area contributed by atoms with E-state index >= 15 is 0 Å². The van der Waals surface area contributed by atoms with E-state index in [1.54, 1.807) is 6.07 Å². The van der Waals surface area contributed by atoms with Crippen LogP contribution in [0.2, 0.25) is 0 Å².